The fourth-order valence-electron chi connectivity index (χ4n) is 3.79. The zero-order valence-electron chi connectivity index (χ0n) is 18.7. The number of ether oxygens (including phenoxy) is 1. The standard InChI is InChI=1S/C23H26N6O3.ClH/c1-3-4-13-28-19-20(25-22(28)27-15-11-24-12-16-27)26-23(32-17(2)30)29(21(19)31)14-10-18-8-6-5-7-9-18;/h5-9,24H,10-16H2,1-2H3;1H. The van der Waals surface area contributed by atoms with Crippen LogP contribution in [-0.2, 0) is 24.3 Å². The molecule has 0 unspecified atom stereocenters. The van der Waals surface area contributed by atoms with Crippen LogP contribution < -0.4 is 20.5 Å². The lowest BCUT2D eigenvalue weighted by Crippen LogP contribution is -2.44. The molecule has 0 bridgehead atoms. The number of nitrogens with one attached hydrogen (secondary N) is 1. The molecule has 0 saturated carbocycles. The third-order valence-corrected chi connectivity index (χ3v) is 5.32. The maximum atomic E-state index is 13.6. The summed E-state index contributed by atoms with van der Waals surface area (Å²) in [5.41, 5.74) is 1.40. The fraction of sp³-hybridized carbons (Fsp3) is 0.391. The van der Waals surface area contributed by atoms with Gasteiger partial charge in [0.2, 0.25) is 5.95 Å². The number of piperazine rings is 1. The molecule has 0 aliphatic carbocycles. The molecule has 174 valence electrons. The number of imidazole rings is 1. The van der Waals surface area contributed by atoms with Crippen molar-refractivity contribution in [3.8, 4) is 17.9 Å². The van der Waals surface area contributed by atoms with E-state index in [1.165, 1.54) is 11.5 Å². The van der Waals surface area contributed by atoms with Crippen LogP contribution in [0.2, 0.25) is 0 Å². The number of rotatable bonds is 6. The molecular weight excluding hydrogens is 444 g/mol. The SMILES string of the molecule is CC#CCn1c(N2CCNCC2)nc2nc(OC(C)=O)n(CCc3ccccc3)c(=O)c21.Cl. The number of benzene rings is 1. The van der Waals surface area contributed by atoms with E-state index < -0.39 is 5.97 Å². The van der Waals surface area contributed by atoms with Crippen molar-refractivity contribution in [2.24, 2.45) is 0 Å². The van der Waals surface area contributed by atoms with Gasteiger partial charge in [0.05, 0.1) is 6.54 Å². The second kappa shape index (κ2) is 11.0. The van der Waals surface area contributed by atoms with Crippen molar-refractivity contribution in [1.82, 2.24) is 24.4 Å². The molecule has 1 aliphatic rings. The number of fused-ring (bicyclic) bond motifs is 1. The molecular formula is C23H27ClN6O3. The number of hydrogen-bond donors (Lipinski definition) is 1. The molecule has 0 spiro atoms. The molecule has 4 rings (SSSR count). The number of aromatic nitrogens is 4. The maximum Gasteiger partial charge on any atom is 0.310 e. The van der Waals surface area contributed by atoms with Gasteiger partial charge in [-0.3, -0.25) is 18.7 Å². The van der Waals surface area contributed by atoms with E-state index in [0.717, 1.165) is 31.7 Å². The first-order valence-electron chi connectivity index (χ1n) is 10.7. The summed E-state index contributed by atoms with van der Waals surface area (Å²) in [5.74, 6) is 6.05. The number of halogens is 1. The van der Waals surface area contributed by atoms with Gasteiger partial charge in [0.1, 0.15) is 0 Å². The quantitative estimate of drug-likeness (QED) is 0.432. The highest BCUT2D eigenvalue weighted by Gasteiger charge is 2.24. The highest BCUT2D eigenvalue weighted by Crippen LogP contribution is 2.22. The van der Waals surface area contributed by atoms with Crippen molar-refractivity contribution < 1.29 is 9.53 Å². The smallest absolute Gasteiger partial charge is 0.310 e. The van der Waals surface area contributed by atoms with Crippen molar-refractivity contribution in [3.05, 3.63) is 46.2 Å². The second-order valence-corrected chi connectivity index (χ2v) is 7.51. The lowest BCUT2D eigenvalue weighted by Gasteiger charge is -2.28. The Morgan fingerprint density at radius 3 is 2.55 bits per heavy atom. The first-order chi connectivity index (χ1) is 15.6. The monoisotopic (exact) mass is 470 g/mol. The van der Waals surface area contributed by atoms with E-state index >= 15 is 0 Å². The van der Waals surface area contributed by atoms with Gasteiger partial charge in [0, 0.05) is 39.6 Å². The highest BCUT2D eigenvalue weighted by molar-refractivity contribution is 5.85. The van der Waals surface area contributed by atoms with Crippen LogP contribution in [0.15, 0.2) is 35.1 Å². The molecule has 1 N–H and O–H groups in total. The van der Waals surface area contributed by atoms with Gasteiger partial charge in [-0.2, -0.15) is 9.97 Å². The summed E-state index contributed by atoms with van der Waals surface area (Å²) in [6.07, 6.45) is 0.593. The molecule has 10 heteroatoms. The minimum absolute atomic E-state index is 0. The zero-order valence-corrected chi connectivity index (χ0v) is 19.5. The number of anilines is 1. The van der Waals surface area contributed by atoms with E-state index in [1.54, 1.807) is 6.92 Å². The predicted molar refractivity (Wildman–Crippen MR) is 129 cm³/mol. The molecule has 1 aromatic carbocycles. The van der Waals surface area contributed by atoms with Crippen LogP contribution in [0.25, 0.3) is 11.2 Å². The minimum atomic E-state index is -0.539. The zero-order chi connectivity index (χ0) is 22.5. The van der Waals surface area contributed by atoms with E-state index in [1.807, 2.05) is 34.9 Å². The first-order valence-corrected chi connectivity index (χ1v) is 10.7. The van der Waals surface area contributed by atoms with Gasteiger partial charge in [0.25, 0.3) is 5.56 Å². The Labute approximate surface area is 198 Å². The van der Waals surface area contributed by atoms with Gasteiger partial charge < -0.3 is 15.0 Å². The molecule has 9 nitrogen and oxygen atoms in total. The van der Waals surface area contributed by atoms with Crippen LogP contribution in [0.5, 0.6) is 6.01 Å². The summed E-state index contributed by atoms with van der Waals surface area (Å²) < 4.78 is 8.55. The average Bonchev–Trinajstić information content (AvgIpc) is 3.17. The summed E-state index contributed by atoms with van der Waals surface area (Å²) in [6.45, 7) is 6.89. The van der Waals surface area contributed by atoms with Crippen LogP contribution in [0.3, 0.4) is 0 Å². The number of aryl methyl sites for hydroxylation is 1. The van der Waals surface area contributed by atoms with Gasteiger partial charge in [-0.15, -0.1) is 18.3 Å². The van der Waals surface area contributed by atoms with Crippen molar-refractivity contribution in [2.45, 2.75) is 33.4 Å². The van der Waals surface area contributed by atoms with Crippen molar-refractivity contribution in [3.63, 3.8) is 0 Å². The average molecular weight is 471 g/mol. The molecule has 1 fully saturated rings. The topological polar surface area (TPSA) is 94.3 Å². The van der Waals surface area contributed by atoms with Gasteiger partial charge >= 0.3 is 12.0 Å². The van der Waals surface area contributed by atoms with Crippen molar-refractivity contribution in [2.75, 3.05) is 31.1 Å². The number of nitrogens with zero attached hydrogens (tertiary/aromatic N) is 5. The Morgan fingerprint density at radius 1 is 1.15 bits per heavy atom. The summed E-state index contributed by atoms with van der Waals surface area (Å²) in [4.78, 5) is 36.6. The molecule has 0 amide bonds. The molecule has 0 atom stereocenters. The molecule has 2 aromatic heterocycles. The Bertz CT molecular complexity index is 1240. The third kappa shape index (κ3) is 5.35. The number of hydrogen-bond acceptors (Lipinski definition) is 7. The molecule has 1 saturated heterocycles. The lowest BCUT2D eigenvalue weighted by molar-refractivity contribution is -0.132. The summed E-state index contributed by atoms with van der Waals surface area (Å²) in [5, 5.41) is 3.32. The number of carbonyl (C=O) groups is 1. The Hall–Kier alpha value is -3.35. The van der Waals surface area contributed by atoms with Crippen LogP contribution in [0, 0.1) is 11.8 Å². The summed E-state index contributed by atoms with van der Waals surface area (Å²) in [7, 11) is 0. The van der Waals surface area contributed by atoms with Gasteiger partial charge in [-0.1, -0.05) is 36.3 Å². The van der Waals surface area contributed by atoms with Crippen LogP contribution in [0.1, 0.15) is 19.4 Å². The van der Waals surface area contributed by atoms with Crippen molar-refractivity contribution in [1.29, 1.82) is 0 Å². The number of carbonyl (C=O) groups excluding carboxylic acids is 1. The Balaban J connectivity index is 0.00000306. The molecule has 33 heavy (non-hydrogen) atoms. The third-order valence-electron chi connectivity index (χ3n) is 5.32. The predicted octanol–water partition coefficient (Wildman–Crippen LogP) is 1.62. The van der Waals surface area contributed by atoms with Crippen LogP contribution >= 0.6 is 12.4 Å². The maximum absolute atomic E-state index is 13.6. The van der Waals surface area contributed by atoms with Crippen molar-refractivity contribution >= 4 is 35.5 Å². The van der Waals surface area contributed by atoms with E-state index in [9.17, 15) is 9.59 Å². The number of esters is 1. The Kier molecular flexibility index (Phi) is 8.09. The molecule has 3 heterocycles. The lowest BCUT2D eigenvalue weighted by atomic mass is 10.1. The summed E-state index contributed by atoms with van der Waals surface area (Å²) >= 11 is 0. The largest absolute Gasteiger partial charge is 0.392 e. The highest BCUT2D eigenvalue weighted by atomic mass is 35.5. The van der Waals surface area contributed by atoms with Crippen LogP contribution in [0.4, 0.5) is 5.95 Å². The van der Waals surface area contributed by atoms with Crippen LogP contribution in [-0.4, -0.2) is 51.3 Å². The van der Waals surface area contributed by atoms with E-state index in [2.05, 4.69) is 32.0 Å². The van der Waals surface area contributed by atoms with E-state index in [-0.39, 0.29) is 29.6 Å². The Morgan fingerprint density at radius 2 is 1.88 bits per heavy atom. The van der Waals surface area contributed by atoms with E-state index in [4.69, 9.17) is 4.74 Å². The van der Waals surface area contributed by atoms with Gasteiger partial charge in [0.15, 0.2) is 11.2 Å². The first kappa shape index (κ1) is 24.3. The van der Waals surface area contributed by atoms with Gasteiger partial charge in [-0.05, 0) is 18.9 Å². The molecule has 1 aliphatic heterocycles. The second-order valence-electron chi connectivity index (χ2n) is 7.51. The fourth-order valence-corrected chi connectivity index (χ4v) is 3.79. The van der Waals surface area contributed by atoms with E-state index in [0.29, 0.717) is 31.0 Å². The molecule has 0 radical (unpaired) electrons. The minimum Gasteiger partial charge on any atom is -0.392 e. The summed E-state index contributed by atoms with van der Waals surface area (Å²) in [6, 6.07) is 9.79. The normalized spacial score (nSPS) is 13.2. The molecule has 3 aromatic rings. The van der Waals surface area contributed by atoms with Gasteiger partial charge in [-0.25, -0.2) is 0 Å².